The largest absolute Gasteiger partial charge is 0.454 e. The average molecular weight is 445 g/mol. The molecule has 0 saturated heterocycles. The highest BCUT2D eigenvalue weighted by molar-refractivity contribution is 5.88. The molecule has 0 aromatic heterocycles. The number of carbonyl (C=O) groups is 2. The van der Waals surface area contributed by atoms with Gasteiger partial charge >= 0.3 is 0 Å². The van der Waals surface area contributed by atoms with Gasteiger partial charge in [0.15, 0.2) is 11.5 Å². The van der Waals surface area contributed by atoms with Gasteiger partial charge in [-0.3, -0.25) is 9.59 Å². The first-order valence-corrected chi connectivity index (χ1v) is 11.1. The van der Waals surface area contributed by atoms with Crippen LogP contribution in [0.25, 0.3) is 0 Å². The van der Waals surface area contributed by atoms with Gasteiger partial charge in [-0.15, -0.1) is 0 Å². The highest BCUT2D eigenvalue weighted by Crippen LogP contribution is 2.32. The summed E-state index contributed by atoms with van der Waals surface area (Å²) >= 11 is 0. The summed E-state index contributed by atoms with van der Waals surface area (Å²) in [6, 6.07) is 24.7. The molecular weight excluding hydrogens is 416 g/mol. The lowest BCUT2D eigenvalue weighted by Gasteiger charge is -2.31. The highest BCUT2D eigenvalue weighted by atomic mass is 16.7. The van der Waals surface area contributed by atoms with Crippen molar-refractivity contribution in [3.05, 3.63) is 95.6 Å². The quantitative estimate of drug-likeness (QED) is 0.546. The molecule has 1 aliphatic heterocycles. The van der Waals surface area contributed by atoms with E-state index < -0.39 is 6.04 Å². The molecule has 2 amide bonds. The molecule has 1 N–H and O–H groups in total. The summed E-state index contributed by atoms with van der Waals surface area (Å²) in [6.07, 6.45) is 1.28. The Labute approximate surface area is 194 Å². The number of amides is 2. The summed E-state index contributed by atoms with van der Waals surface area (Å²) in [4.78, 5) is 28.1. The molecule has 33 heavy (non-hydrogen) atoms. The van der Waals surface area contributed by atoms with Crippen molar-refractivity contribution in [3.63, 3.8) is 0 Å². The Morgan fingerprint density at radius 2 is 1.55 bits per heavy atom. The number of rotatable bonds is 9. The zero-order chi connectivity index (χ0) is 23.0. The first kappa shape index (κ1) is 22.4. The van der Waals surface area contributed by atoms with Crippen LogP contribution in [0.2, 0.25) is 0 Å². The minimum absolute atomic E-state index is 0.0685. The topological polar surface area (TPSA) is 67.9 Å². The van der Waals surface area contributed by atoms with Gasteiger partial charge in [0, 0.05) is 26.4 Å². The van der Waals surface area contributed by atoms with E-state index in [1.165, 1.54) is 0 Å². The van der Waals surface area contributed by atoms with E-state index in [1.807, 2.05) is 78.9 Å². The summed E-state index contributed by atoms with van der Waals surface area (Å²) in [6.45, 7) is 0.585. The minimum atomic E-state index is -0.609. The molecule has 170 valence electrons. The van der Waals surface area contributed by atoms with Gasteiger partial charge in [0.2, 0.25) is 18.6 Å². The molecule has 0 bridgehead atoms. The van der Waals surface area contributed by atoms with E-state index in [0.717, 1.165) is 22.4 Å². The van der Waals surface area contributed by atoms with E-state index in [4.69, 9.17) is 9.47 Å². The molecule has 1 atom stereocenters. The number of aryl methyl sites for hydroxylation is 1. The van der Waals surface area contributed by atoms with Crippen LogP contribution in [0.4, 0.5) is 0 Å². The van der Waals surface area contributed by atoms with Crippen molar-refractivity contribution in [2.24, 2.45) is 0 Å². The molecule has 0 saturated carbocycles. The van der Waals surface area contributed by atoms with Gasteiger partial charge in [-0.25, -0.2) is 0 Å². The SMILES string of the molecule is CNC(=O)[C@H](Cc1ccccc1)N(Cc1ccccc1)C(=O)CCc1ccc2c(c1)OCO2. The lowest BCUT2D eigenvalue weighted by Crippen LogP contribution is -2.49. The second-order valence-electron chi connectivity index (χ2n) is 8.01. The van der Waals surface area contributed by atoms with Crippen LogP contribution in [0.15, 0.2) is 78.9 Å². The molecule has 3 aromatic carbocycles. The number of ether oxygens (including phenoxy) is 2. The van der Waals surface area contributed by atoms with Crippen molar-refractivity contribution in [2.45, 2.75) is 31.8 Å². The van der Waals surface area contributed by atoms with Crippen LogP contribution >= 0.6 is 0 Å². The Morgan fingerprint density at radius 1 is 0.879 bits per heavy atom. The van der Waals surface area contributed by atoms with Gasteiger partial charge in [-0.2, -0.15) is 0 Å². The Balaban J connectivity index is 1.55. The van der Waals surface area contributed by atoms with E-state index in [9.17, 15) is 9.59 Å². The summed E-state index contributed by atoms with van der Waals surface area (Å²) in [5, 5.41) is 2.75. The fourth-order valence-corrected chi connectivity index (χ4v) is 3.99. The van der Waals surface area contributed by atoms with E-state index in [2.05, 4.69) is 5.32 Å². The Morgan fingerprint density at radius 3 is 2.24 bits per heavy atom. The molecule has 1 aliphatic rings. The maximum absolute atomic E-state index is 13.5. The second kappa shape index (κ2) is 10.7. The molecule has 3 aromatic rings. The Hall–Kier alpha value is -3.80. The van der Waals surface area contributed by atoms with Crippen LogP contribution in [0.3, 0.4) is 0 Å². The zero-order valence-electron chi connectivity index (χ0n) is 18.7. The summed E-state index contributed by atoms with van der Waals surface area (Å²) in [5.41, 5.74) is 2.98. The molecule has 0 spiro atoms. The predicted octanol–water partition coefficient (Wildman–Crippen LogP) is 3.73. The van der Waals surface area contributed by atoms with Gasteiger partial charge in [0.25, 0.3) is 0 Å². The smallest absolute Gasteiger partial charge is 0.242 e. The van der Waals surface area contributed by atoms with Crippen LogP contribution in [0, 0.1) is 0 Å². The van der Waals surface area contributed by atoms with Gasteiger partial charge in [-0.1, -0.05) is 66.7 Å². The average Bonchev–Trinajstić information content (AvgIpc) is 3.33. The summed E-state index contributed by atoms with van der Waals surface area (Å²) in [7, 11) is 1.61. The lowest BCUT2D eigenvalue weighted by molar-refractivity contribution is -0.141. The highest BCUT2D eigenvalue weighted by Gasteiger charge is 2.29. The first-order chi connectivity index (χ1) is 16.1. The fourth-order valence-electron chi connectivity index (χ4n) is 3.99. The van der Waals surface area contributed by atoms with Crippen LogP contribution in [-0.2, 0) is 29.0 Å². The third kappa shape index (κ3) is 5.71. The number of carbonyl (C=O) groups excluding carboxylic acids is 2. The third-order valence-electron chi connectivity index (χ3n) is 5.78. The van der Waals surface area contributed by atoms with Gasteiger partial charge in [0.05, 0.1) is 0 Å². The van der Waals surface area contributed by atoms with E-state index in [1.54, 1.807) is 11.9 Å². The number of hydrogen-bond donors (Lipinski definition) is 1. The molecule has 0 aliphatic carbocycles. The van der Waals surface area contributed by atoms with Gasteiger partial charge in [-0.05, 0) is 35.2 Å². The normalized spacial score (nSPS) is 12.8. The molecule has 4 rings (SSSR count). The molecule has 0 radical (unpaired) electrons. The lowest BCUT2D eigenvalue weighted by atomic mass is 10.0. The first-order valence-electron chi connectivity index (χ1n) is 11.1. The minimum Gasteiger partial charge on any atom is -0.454 e. The van der Waals surface area contributed by atoms with Crippen LogP contribution in [0.1, 0.15) is 23.1 Å². The number of nitrogens with one attached hydrogen (secondary N) is 1. The second-order valence-corrected chi connectivity index (χ2v) is 8.01. The number of hydrogen-bond acceptors (Lipinski definition) is 4. The predicted molar refractivity (Wildman–Crippen MR) is 126 cm³/mol. The van der Waals surface area contributed by atoms with Crippen molar-refractivity contribution in [1.82, 2.24) is 10.2 Å². The summed E-state index contributed by atoms with van der Waals surface area (Å²) in [5.74, 6) is 1.18. The molecule has 0 unspecified atom stereocenters. The van der Waals surface area contributed by atoms with Crippen molar-refractivity contribution in [1.29, 1.82) is 0 Å². The van der Waals surface area contributed by atoms with E-state index >= 15 is 0 Å². The Kier molecular flexibility index (Phi) is 7.25. The molecular formula is C27H28N2O4. The maximum Gasteiger partial charge on any atom is 0.242 e. The van der Waals surface area contributed by atoms with Crippen LogP contribution < -0.4 is 14.8 Å². The summed E-state index contributed by atoms with van der Waals surface area (Å²) < 4.78 is 10.8. The van der Waals surface area contributed by atoms with Gasteiger partial charge in [0.1, 0.15) is 6.04 Å². The number of fused-ring (bicyclic) bond motifs is 1. The number of likely N-dealkylation sites (N-methyl/N-ethyl adjacent to an activating group) is 1. The maximum atomic E-state index is 13.5. The monoisotopic (exact) mass is 444 g/mol. The standard InChI is InChI=1S/C27H28N2O4/c1-28-27(31)23(16-20-8-4-2-5-9-20)29(18-22-10-6-3-7-11-22)26(30)15-13-21-12-14-24-25(17-21)33-19-32-24/h2-12,14,17,23H,13,15-16,18-19H2,1H3,(H,28,31)/t23-/m0/s1. The number of benzene rings is 3. The number of nitrogens with zero attached hydrogens (tertiary/aromatic N) is 1. The molecule has 0 fully saturated rings. The van der Waals surface area contributed by atoms with Crippen LogP contribution in [-0.4, -0.2) is 36.6 Å². The van der Waals surface area contributed by atoms with Crippen molar-refractivity contribution >= 4 is 11.8 Å². The van der Waals surface area contributed by atoms with Crippen molar-refractivity contribution < 1.29 is 19.1 Å². The van der Waals surface area contributed by atoms with E-state index in [-0.39, 0.29) is 25.0 Å². The van der Waals surface area contributed by atoms with E-state index in [0.29, 0.717) is 25.1 Å². The van der Waals surface area contributed by atoms with Crippen molar-refractivity contribution in [2.75, 3.05) is 13.8 Å². The van der Waals surface area contributed by atoms with Crippen LogP contribution in [0.5, 0.6) is 11.5 Å². The molecule has 6 nitrogen and oxygen atoms in total. The molecule has 1 heterocycles. The third-order valence-corrected chi connectivity index (χ3v) is 5.78. The van der Waals surface area contributed by atoms with Gasteiger partial charge < -0.3 is 19.7 Å². The Bertz CT molecular complexity index is 1090. The zero-order valence-corrected chi connectivity index (χ0v) is 18.7. The fraction of sp³-hybridized carbons (Fsp3) is 0.259. The van der Waals surface area contributed by atoms with Crippen molar-refractivity contribution in [3.8, 4) is 11.5 Å². The molecule has 6 heteroatoms.